The van der Waals surface area contributed by atoms with E-state index in [1.807, 2.05) is 0 Å². The van der Waals surface area contributed by atoms with Crippen LogP contribution >= 0.6 is 0 Å². The first-order valence-corrected chi connectivity index (χ1v) is 5.79. The molecule has 1 aliphatic heterocycles. The number of likely N-dealkylation sites (tertiary alicyclic amines) is 1. The van der Waals surface area contributed by atoms with Gasteiger partial charge in [-0.25, -0.2) is 0 Å². The van der Waals surface area contributed by atoms with Crippen molar-refractivity contribution in [3.8, 4) is 0 Å². The molecule has 0 amide bonds. The molecule has 2 fully saturated rings. The normalized spacial score (nSPS) is 34.9. The van der Waals surface area contributed by atoms with E-state index in [1.54, 1.807) is 0 Å². The maximum Gasteiger partial charge on any atom is 0.0670 e. The van der Waals surface area contributed by atoms with Crippen LogP contribution in [0.3, 0.4) is 0 Å². The number of hydrogen-bond donors (Lipinski definition) is 1. The van der Waals surface area contributed by atoms with E-state index in [0.29, 0.717) is 0 Å². The van der Waals surface area contributed by atoms with Crippen molar-refractivity contribution in [3.05, 3.63) is 35.9 Å². The van der Waals surface area contributed by atoms with Gasteiger partial charge in [0.25, 0.3) is 0 Å². The van der Waals surface area contributed by atoms with Crippen LogP contribution in [0.15, 0.2) is 30.3 Å². The number of benzene rings is 1. The molecule has 2 nitrogen and oxygen atoms in total. The van der Waals surface area contributed by atoms with Crippen LogP contribution in [0, 0.1) is 5.92 Å². The second-order valence-corrected chi connectivity index (χ2v) is 4.87. The molecule has 3 atom stereocenters. The molecule has 1 unspecified atom stereocenters. The molecule has 1 heterocycles. The van der Waals surface area contributed by atoms with Crippen molar-refractivity contribution in [2.45, 2.75) is 31.5 Å². The smallest absolute Gasteiger partial charge is 0.0670 e. The molecule has 1 N–H and O–H groups in total. The summed E-state index contributed by atoms with van der Waals surface area (Å²) in [5.41, 5.74) is 1.36. The first kappa shape index (κ1) is 9.37. The number of aliphatic hydroxyl groups is 1. The Kier molecular flexibility index (Phi) is 2.26. The third-order valence-corrected chi connectivity index (χ3v) is 3.60. The highest BCUT2D eigenvalue weighted by Crippen LogP contribution is 2.43. The molecule has 0 radical (unpaired) electrons. The Hall–Kier alpha value is -0.860. The lowest BCUT2D eigenvalue weighted by atomic mass is 10.1. The zero-order valence-electron chi connectivity index (χ0n) is 8.84. The molecule has 2 aliphatic rings. The second-order valence-electron chi connectivity index (χ2n) is 4.87. The van der Waals surface area contributed by atoms with Crippen molar-refractivity contribution >= 4 is 0 Å². The number of β-amino-alcohol motifs (C(OH)–C–C–N with tert-alkyl or cyclic N) is 1. The lowest BCUT2D eigenvalue weighted by Crippen LogP contribution is -2.39. The summed E-state index contributed by atoms with van der Waals surface area (Å²) in [6, 6.07) is 11.3. The summed E-state index contributed by atoms with van der Waals surface area (Å²) in [4.78, 5) is 2.44. The van der Waals surface area contributed by atoms with Crippen molar-refractivity contribution in [3.63, 3.8) is 0 Å². The van der Waals surface area contributed by atoms with Crippen molar-refractivity contribution < 1.29 is 5.11 Å². The molecular formula is C13H17NO. The van der Waals surface area contributed by atoms with Crippen LogP contribution in [0.1, 0.15) is 18.4 Å². The Morgan fingerprint density at radius 3 is 2.80 bits per heavy atom. The van der Waals surface area contributed by atoms with Gasteiger partial charge >= 0.3 is 0 Å². The van der Waals surface area contributed by atoms with Gasteiger partial charge < -0.3 is 5.11 Å². The van der Waals surface area contributed by atoms with Gasteiger partial charge in [0.1, 0.15) is 0 Å². The first-order chi connectivity index (χ1) is 7.33. The molecule has 1 saturated carbocycles. The molecule has 1 aromatic rings. The van der Waals surface area contributed by atoms with Gasteiger partial charge in [0.15, 0.2) is 0 Å². The summed E-state index contributed by atoms with van der Waals surface area (Å²) < 4.78 is 0. The Bertz CT molecular complexity index is 338. The summed E-state index contributed by atoms with van der Waals surface area (Å²) in [6.07, 6.45) is 2.22. The van der Waals surface area contributed by atoms with Crippen molar-refractivity contribution in [2.24, 2.45) is 5.92 Å². The maximum absolute atomic E-state index is 9.71. The fraction of sp³-hybridized carbons (Fsp3) is 0.538. The predicted octanol–water partition coefficient (Wildman–Crippen LogP) is 1.64. The van der Waals surface area contributed by atoms with E-state index in [9.17, 15) is 5.11 Å². The highest BCUT2D eigenvalue weighted by atomic mass is 16.3. The van der Waals surface area contributed by atoms with E-state index in [-0.39, 0.29) is 6.10 Å². The summed E-state index contributed by atoms with van der Waals surface area (Å²) in [5.74, 6) is 0.775. The largest absolute Gasteiger partial charge is 0.392 e. The second kappa shape index (κ2) is 3.62. The van der Waals surface area contributed by atoms with Gasteiger partial charge in [-0.05, 0) is 24.3 Å². The monoisotopic (exact) mass is 203 g/mol. The van der Waals surface area contributed by atoms with Crippen LogP contribution in [0.5, 0.6) is 0 Å². The van der Waals surface area contributed by atoms with Gasteiger partial charge in [0, 0.05) is 19.1 Å². The molecule has 0 spiro atoms. The summed E-state index contributed by atoms with van der Waals surface area (Å²) in [7, 11) is 0. The van der Waals surface area contributed by atoms with Crippen LogP contribution in [0.2, 0.25) is 0 Å². The number of fused-ring (bicyclic) bond motifs is 1. The minimum absolute atomic E-state index is 0.0996. The first-order valence-electron chi connectivity index (χ1n) is 5.79. The minimum atomic E-state index is -0.0996. The number of rotatable bonds is 2. The quantitative estimate of drug-likeness (QED) is 0.790. The maximum atomic E-state index is 9.71. The van der Waals surface area contributed by atoms with Crippen LogP contribution in [0.25, 0.3) is 0 Å². The third kappa shape index (κ3) is 1.92. The van der Waals surface area contributed by atoms with E-state index >= 15 is 0 Å². The van der Waals surface area contributed by atoms with Gasteiger partial charge in [-0.1, -0.05) is 30.3 Å². The van der Waals surface area contributed by atoms with E-state index in [0.717, 1.165) is 31.5 Å². The highest BCUT2D eigenvalue weighted by molar-refractivity contribution is 5.15. The summed E-state index contributed by atoms with van der Waals surface area (Å²) in [6.45, 7) is 1.86. The number of piperidine rings is 1. The molecule has 15 heavy (non-hydrogen) atoms. The predicted molar refractivity (Wildman–Crippen MR) is 59.4 cm³/mol. The average Bonchev–Trinajstić information content (AvgIpc) is 2.98. The molecule has 1 aliphatic carbocycles. The lowest BCUT2D eigenvalue weighted by Gasteiger charge is -2.29. The molecular weight excluding hydrogens is 186 g/mol. The van der Waals surface area contributed by atoms with Crippen LogP contribution in [0.4, 0.5) is 0 Å². The molecule has 2 heteroatoms. The fourth-order valence-corrected chi connectivity index (χ4v) is 2.76. The van der Waals surface area contributed by atoms with E-state index in [1.165, 1.54) is 12.0 Å². The van der Waals surface area contributed by atoms with Crippen molar-refractivity contribution in [2.75, 3.05) is 6.54 Å². The van der Waals surface area contributed by atoms with Crippen LogP contribution < -0.4 is 0 Å². The van der Waals surface area contributed by atoms with Crippen molar-refractivity contribution in [1.82, 2.24) is 4.90 Å². The van der Waals surface area contributed by atoms with Crippen molar-refractivity contribution in [1.29, 1.82) is 0 Å². The van der Waals surface area contributed by atoms with Gasteiger partial charge in [-0.2, -0.15) is 0 Å². The number of nitrogens with zero attached hydrogens (tertiary/aromatic N) is 1. The molecule has 3 rings (SSSR count). The van der Waals surface area contributed by atoms with E-state index in [4.69, 9.17) is 0 Å². The SMILES string of the molecule is OC1C[C@@H]2C[C@@H]2N(Cc2ccccc2)C1. The van der Waals surface area contributed by atoms with Crippen LogP contribution in [-0.2, 0) is 6.54 Å². The Morgan fingerprint density at radius 1 is 1.20 bits per heavy atom. The van der Waals surface area contributed by atoms with Gasteiger partial charge in [-0.3, -0.25) is 4.90 Å². The zero-order chi connectivity index (χ0) is 10.3. The molecule has 0 aromatic heterocycles. The van der Waals surface area contributed by atoms with Gasteiger partial charge in [-0.15, -0.1) is 0 Å². The third-order valence-electron chi connectivity index (χ3n) is 3.60. The van der Waals surface area contributed by atoms with E-state index in [2.05, 4.69) is 35.2 Å². The highest BCUT2D eigenvalue weighted by Gasteiger charge is 2.46. The summed E-state index contributed by atoms with van der Waals surface area (Å²) in [5, 5.41) is 9.71. The lowest BCUT2D eigenvalue weighted by molar-refractivity contribution is 0.0621. The van der Waals surface area contributed by atoms with Crippen LogP contribution in [-0.4, -0.2) is 28.7 Å². The summed E-state index contributed by atoms with van der Waals surface area (Å²) >= 11 is 0. The Morgan fingerprint density at radius 2 is 2.00 bits per heavy atom. The Balaban J connectivity index is 1.68. The standard InChI is InChI=1S/C13H17NO/c15-12-6-11-7-13(11)14(9-12)8-10-4-2-1-3-5-10/h1-5,11-13,15H,6-9H2/t11-,12?,13+/m1/s1. The molecule has 1 aromatic carbocycles. The minimum Gasteiger partial charge on any atom is -0.392 e. The Labute approximate surface area is 90.5 Å². The number of aliphatic hydroxyl groups excluding tert-OH is 1. The van der Waals surface area contributed by atoms with E-state index < -0.39 is 0 Å². The zero-order valence-corrected chi connectivity index (χ0v) is 8.84. The molecule has 1 saturated heterocycles. The number of hydrogen-bond acceptors (Lipinski definition) is 2. The topological polar surface area (TPSA) is 23.5 Å². The molecule has 80 valence electrons. The fourth-order valence-electron chi connectivity index (χ4n) is 2.76. The van der Waals surface area contributed by atoms with Gasteiger partial charge in [0.2, 0.25) is 0 Å². The molecule has 0 bridgehead atoms. The average molecular weight is 203 g/mol. The van der Waals surface area contributed by atoms with Gasteiger partial charge in [0.05, 0.1) is 6.10 Å².